The summed E-state index contributed by atoms with van der Waals surface area (Å²) in [5, 5.41) is 0.983. The summed E-state index contributed by atoms with van der Waals surface area (Å²) in [5.41, 5.74) is 7.66. The number of aromatic amines is 1. The molecule has 2 rings (SSSR count). The number of sulfonamides is 1. The minimum atomic E-state index is -3.58. The number of hydrogen-bond donors (Lipinski definition) is 3. The van der Waals surface area contributed by atoms with Gasteiger partial charge in [-0.15, -0.1) is 0 Å². The first kappa shape index (κ1) is 15.5. The van der Waals surface area contributed by atoms with Gasteiger partial charge in [-0.05, 0) is 24.5 Å². The van der Waals surface area contributed by atoms with Gasteiger partial charge in [0.1, 0.15) is 0 Å². The highest BCUT2D eigenvalue weighted by molar-refractivity contribution is 7.90. The maximum atomic E-state index is 11.9. The number of aromatic nitrogens is 1. The lowest BCUT2D eigenvalue weighted by Gasteiger charge is -2.12. The van der Waals surface area contributed by atoms with Gasteiger partial charge in [0, 0.05) is 17.1 Å². The summed E-state index contributed by atoms with van der Waals surface area (Å²) < 4.78 is 25.1. The standard InChI is InChI=1S/C14H19N3O3S/c1-2-7-21(19,20)17-14(18)12(15)8-10-9-16-13-6-4-3-5-11(10)13/h3-6,9,12,16H,2,7-8,15H2,1H3,(H,17,18). The van der Waals surface area contributed by atoms with E-state index < -0.39 is 22.0 Å². The third-order valence-electron chi connectivity index (χ3n) is 3.18. The number of carbonyl (C=O) groups is 1. The molecule has 0 saturated heterocycles. The molecule has 7 heteroatoms. The minimum Gasteiger partial charge on any atom is -0.361 e. The van der Waals surface area contributed by atoms with E-state index in [0.29, 0.717) is 6.42 Å². The number of carbonyl (C=O) groups excluding carboxylic acids is 1. The normalized spacial score (nSPS) is 13.2. The van der Waals surface area contributed by atoms with E-state index in [4.69, 9.17) is 5.73 Å². The van der Waals surface area contributed by atoms with Crippen LogP contribution in [0.25, 0.3) is 10.9 Å². The fourth-order valence-corrected chi connectivity index (χ4v) is 3.28. The maximum Gasteiger partial charge on any atom is 0.250 e. The highest BCUT2D eigenvalue weighted by Crippen LogP contribution is 2.18. The van der Waals surface area contributed by atoms with Gasteiger partial charge in [0.25, 0.3) is 5.91 Å². The fraction of sp³-hybridized carbons (Fsp3) is 0.357. The smallest absolute Gasteiger partial charge is 0.250 e. The largest absolute Gasteiger partial charge is 0.361 e. The highest BCUT2D eigenvalue weighted by atomic mass is 32.2. The van der Waals surface area contributed by atoms with Crippen molar-refractivity contribution in [2.75, 3.05) is 5.75 Å². The van der Waals surface area contributed by atoms with Crippen LogP contribution in [0, 0.1) is 0 Å². The lowest BCUT2D eigenvalue weighted by molar-refractivity contribution is -0.120. The van der Waals surface area contributed by atoms with E-state index >= 15 is 0 Å². The first-order valence-electron chi connectivity index (χ1n) is 6.78. The van der Waals surface area contributed by atoms with Gasteiger partial charge in [-0.3, -0.25) is 9.52 Å². The molecule has 1 heterocycles. The summed E-state index contributed by atoms with van der Waals surface area (Å²) in [7, 11) is -3.58. The molecule has 2 aromatic rings. The Morgan fingerprint density at radius 3 is 2.81 bits per heavy atom. The second-order valence-electron chi connectivity index (χ2n) is 4.96. The van der Waals surface area contributed by atoms with Crippen LogP contribution in [0.2, 0.25) is 0 Å². The summed E-state index contributed by atoms with van der Waals surface area (Å²) in [6, 6.07) is 6.76. The molecule has 1 amide bonds. The average molecular weight is 309 g/mol. The molecule has 6 nitrogen and oxygen atoms in total. The summed E-state index contributed by atoms with van der Waals surface area (Å²) in [5.74, 6) is -0.757. The second kappa shape index (κ2) is 6.28. The lowest BCUT2D eigenvalue weighted by Crippen LogP contribution is -2.45. The molecule has 0 radical (unpaired) electrons. The molecule has 0 aliphatic rings. The third-order valence-corrected chi connectivity index (χ3v) is 4.64. The van der Waals surface area contributed by atoms with Gasteiger partial charge in [-0.2, -0.15) is 0 Å². The van der Waals surface area contributed by atoms with Crippen molar-refractivity contribution in [3.63, 3.8) is 0 Å². The number of hydrogen-bond acceptors (Lipinski definition) is 4. The Hall–Kier alpha value is -1.86. The van der Waals surface area contributed by atoms with Crippen LogP contribution in [0.5, 0.6) is 0 Å². The lowest BCUT2D eigenvalue weighted by atomic mass is 10.1. The number of amides is 1. The molecule has 4 N–H and O–H groups in total. The van der Waals surface area contributed by atoms with Crippen molar-refractivity contribution in [1.29, 1.82) is 0 Å². The van der Waals surface area contributed by atoms with E-state index in [-0.39, 0.29) is 12.2 Å². The van der Waals surface area contributed by atoms with Crippen molar-refractivity contribution < 1.29 is 13.2 Å². The van der Waals surface area contributed by atoms with Gasteiger partial charge in [0.2, 0.25) is 10.0 Å². The molecule has 1 aromatic carbocycles. The molecule has 0 saturated carbocycles. The van der Waals surface area contributed by atoms with E-state index in [2.05, 4.69) is 4.98 Å². The van der Waals surface area contributed by atoms with Gasteiger partial charge in [0.15, 0.2) is 0 Å². The molecule has 0 fully saturated rings. The number of rotatable bonds is 6. The van der Waals surface area contributed by atoms with Crippen LogP contribution in [-0.2, 0) is 21.2 Å². The predicted molar refractivity (Wildman–Crippen MR) is 82.2 cm³/mol. The molecule has 1 unspecified atom stereocenters. The van der Waals surface area contributed by atoms with Crippen LogP contribution in [0.4, 0.5) is 0 Å². The van der Waals surface area contributed by atoms with Crippen LogP contribution in [0.15, 0.2) is 30.5 Å². The summed E-state index contributed by atoms with van der Waals surface area (Å²) in [6.45, 7) is 1.73. The van der Waals surface area contributed by atoms with Crippen molar-refractivity contribution in [3.8, 4) is 0 Å². The summed E-state index contributed by atoms with van der Waals surface area (Å²) in [6.07, 6.45) is 2.51. The molecule has 0 spiro atoms. The number of H-pyrrole nitrogens is 1. The Bertz CT molecular complexity index is 737. The van der Waals surface area contributed by atoms with Crippen LogP contribution in [-0.4, -0.2) is 31.1 Å². The Kier molecular flexibility index (Phi) is 4.64. The van der Waals surface area contributed by atoms with Crippen molar-refractivity contribution in [1.82, 2.24) is 9.71 Å². The molecular weight excluding hydrogens is 290 g/mol. The molecule has 21 heavy (non-hydrogen) atoms. The average Bonchev–Trinajstić information content (AvgIpc) is 2.81. The minimum absolute atomic E-state index is 0.0848. The second-order valence-corrected chi connectivity index (χ2v) is 6.80. The fourth-order valence-electron chi connectivity index (χ4n) is 2.18. The van der Waals surface area contributed by atoms with E-state index in [1.807, 2.05) is 29.0 Å². The highest BCUT2D eigenvalue weighted by Gasteiger charge is 2.20. The van der Waals surface area contributed by atoms with E-state index in [0.717, 1.165) is 16.5 Å². The van der Waals surface area contributed by atoms with Gasteiger partial charge < -0.3 is 10.7 Å². The Labute approximate surface area is 123 Å². The molecule has 0 bridgehead atoms. The Morgan fingerprint density at radius 2 is 2.10 bits per heavy atom. The molecule has 114 valence electrons. The topological polar surface area (TPSA) is 105 Å². The zero-order valence-electron chi connectivity index (χ0n) is 11.8. The zero-order valence-corrected chi connectivity index (χ0v) is 12.6. The third kappa shape index (κ3) is 3.83. The van der Waals surface area contributed by atoms with Crippen LogP contribution in [0.1, 0.15) is 18.9 Å². The van der Waals surface area contributed by atoms with Crippen molar-refractivity contribution in [2.24, 2.45) is 5.73 Å². The number of benzene rings is 1. The van der Waals surface area contributed by atoms with Gasteiger partial charge >= 0.3 is 0 Å². The number of nitrogens with one attached hydrogen (secondary N) is 2. The molecule has 1 aromatic heterocycles. The number of nitrogens with two attached hydrogens (primary N) is 1. The summed E-state index contributed by atoms with van der Waals surface area (Å²) >= 11 is 0. The first-order chi connectivity index (χ1) is 9.93. The van der Waals surface area contributed by atoms with Gasteiger partial charge in [-0.25, -0.2) is 8.42 Å². The molecule has 0 aliphatic heterocycles. The van der Waals surface area contributed by atoms with Crippen LogP contribution < -0.4 is 10.5 Å². The quantitative estimate of drug-likeness (QED) is 0.737. The summed E-state index contributed by atoms with van der Waals surface area (Å²) in [4.78, 5) is 15.0. The Morgan fingerprint density at radius 1 is 1.38 bits per heavy atom. The first-order valence-corrected chi connectivity index (χ1v) is 8.43. The zero-order chi connectivity index (χ0) is 15.5. The predicted octanol–water partition coefficient (Wildman–Crippen LogP) is 0.894. The Balaban J connectivity index is 2.07. The van der Waals surface area contributed by atoms with Gasteiger partial charge in [-0.1, -0.05) is 25.1 Å². The van der Waals surface area contributed by atoms with Crippen LogP contribution in [0.3, 0.4) is 0 Å². The van der Waals surface area contributed by atoms with Crippen molar-refractivity contribution in [2.45, 2.75) is 25.8 Å². The molecule has 1 atom stereocenters. The molecular formula is C14H19N3O3S. The van der Waals surface area contributed by atoms with Crippen molar-refractivity contribution >= 4 is 26.8 Å². The number of fused-ring (bicyclic) bond motifs is 1. The SMILES string of the molecule is CCCS(=O)(=O)NC(=O)C(N)Cc1c[nH]c2ccccc12. The van der Waals surface area contributed by atoms with E-state index in [9.17, 15) is 13.2 Å². The monoisotopic (exact) mass is 309 g/mol. The van der Waals surface area contributed by atoms with Crippen LogP contribution >= 0.6 is 0 Å². The van der Waals surface area contributed by atoms with Gasteiger partial charge in [0.05, 0.1) is 11.8 Å². The molecule has 0 aliphatic carbocycles. The maximum absolute atomic E-state index is 11.9. The van der Waals surface area contributed by atoms with E-state index in [1.165, 1.54) is 0 Å². The van der Waals surface area contributed by atoms with E-state index in [1.54, 1.807) is 13.1 Å². The number of para-hydroxylation sites is 1. The van der Waals surface area contributed by atoms with Crippen molar-refractivity contribution in [3.05, 3.63) is 36.0 Å².